The van der Waals surface area contributed by atoms with Crippen LogP contribution in [0, 0.1) is 23.7 Å². The molecule has 0 nitrogen and oxygen atoms in total. The van der Waals surface area contributed by atoms with Gasteiger partial charge in [0.15, 0.2) is 0 Å². The van der Waals surface area contributed by atoms with Gasteiger partial charge < -0.3 is 0 Å². The maximum atomic E-state index is 12.4. The fraction of sp³-hybridized carbons (Fsp3) is 1.00. The lowest BCUT2D eigenvalue weighted by molar-refractivity contribution is -0.138. The third-order valence-corrected chi connectivity index (χ3v) is 7.25. The second kappa shape index (κ2) is 11.6. The summed E-state index contributed by atoms with van der Waals surface area (Å²) in [6.07, 6.45) is 15.7. The van der Waals surface area contributed by atoms with E-state index in [1.165, 1.54) is 83.5 Å². The fourth-order valence-corrected chi connectivity index (χ4v) is 5.48. The van der Waals surface area contributed by atoms with Crippen molar-refractivity contribution in [1.29, 1.82) is 0 Å². The van der Waals surface area contributed by atoms with E-state index < -0.39 is 12.6 Å². The molecule has 0 bridgehead atoms. The summed E-state index contributed by atoms with van der Waals surface area (Å²) in [5, 5.41) is 0. The normalized spacial score (nSPS) is 30.5. The molecule has 2 aliphatic rings. The topological polar surface area (TPSA) is 0 Å². The summed E-state index contributed by atoms with van der Waals surface area (Å²) >= 11 is 0. The summed E-state index contributed by atoms with van der Waals surface area (Å²) in [6, 6.07) is 0. The Bertz CT molecular complexity index is 347. The van der Waals surface area contributed by atoms with E-state index in [2.05, 4.69) is 6.92 Å². The number of rotatable bonds is 10. The molecule has 0 heterocycles. The van der Waals surface area contributed by atoms with Crippen molar-refractivity contribution < 1.29 is 13.2 Å². The van der Waals surface area contributed by atoms with Gasteiger partial charge >= 0.3 is 6.18 Å². The number of hydrogen-bond donors (Lipinski definition) is 0. The highest BCUT2D eigenvalue weighted by Gasteiger charge is 2.33. The third-order valence-electron chi connectivity index (χ3n) is 7.25. The molecule has 0 amide bonds. The minimum Gasteiger partial charge on any atom is -0.171 e. The molecule has 2 saturated carbocycles. The first kappa shape index (κ1) is 22.1. The molecule has 2 aliphatic carbocycles. The maximum Gasteiger partial charge on any atom is 0.389 e. The molecule has 2 fully saturated rings. The summed E-state index contributed by atoms with van der Waals surface area (Å²) in [5.41, 5.74) is 0. The largest absolute Gasteiger partial charge is 0.389 e. The lowest BCUT2D eigenvalue weighted by Crippen LogP contribution is -2.26. The van der Waals surface area contributed by atoms with Gasteiger partial charge in [-0.3, -0.25) is 0 Å². The van der Waals surface area contributed by atoms with Gasteiger partial charge in [-0.1, -0.05) is 77.6 Å². The van der Waals surface area contributed by atoms with Crippen LogP contribution in [-0.2, 0) is 0 Å². The molecular weight excluding hydrogens is 333 g/mol. The minimum atomic E-state index is -3.97. The molecule has 3 heteroatoms. The van der Waals surface area contributed by atoms with Crippen LogP contribution < -0.4 is 0 Å². The predicted octanol–water partition coefficient (Wildman–Crippen LogP) is 8.69. The van der Waals surface area contributed by atoms with Crippen LogP contribution in [0.3, 0.4) is 0 Å². The number of unbranched alkanes of at least 4 members (excludes halogenated alkanes) is 5. The van der Waals surface area contributed by atoms with Crippen molar-refractivity contribution in [3.05, 3.63) is 0 Å². The first-order chi connectivity index (χ1) is 12.5. The summed E-state index contributed by atoms with van der Waals surface area (Å²) in [4.78, 5) is 0. The molecule has 0 radical (unpaired) electrons. The zero-order valence-corrected chi connectivity index (χ0v) is 17.0. The molecule has 154 valence electrons. The molecule has 0 aromatic rings. The van der Waals surface area contributed by atoms with Gasteiger partial charge in [-0.15, -0.1) is 0 Å². The van der Waals surface area contributed by atoms with Gasteiger partial charge in [0, 0.05) is 6.42 Å². The minimum absolute atomic E-state index is 0.330. The molecule has 0 unspecified atom stereocenters. The average molecular weight is 375 g/mol. The van der Waals surface area contributed by atoms with Crippen molar-refractivity contribution in [2.24, 2.45) is 23.7 Å². The summed E-state index contributed by atoms with van der Waals surface area (Å²) in [6.45, 7) is 2.27. The van der Waals surface area contributed by atoms with Gasteiger partial charge in [0.1, 0.15) is 0 Å². The van der Waals surface area contributed by atoms with Crippen LogP contribution >= 0.6 is 0 Å². The average Bonchev–Trinajstić information content (AvgIpc) is 2.63. The van der Waals surface area contributed by atoms with E-state index in [-0.39, 0.29) is 0 Å². The van der Waals surface area contributed by atoms with Crippen molar-refractivity contribution in [2.75, 3.05) is 0 Å². The number of hydrogen-bond acceptors (Lipinski definition) is 0. The van der Waals surface area contributed by atoms with Gasteiger partial charge in [0.05, 0.1) is 0 Å². The van der Waals surface area contributed by atoms with Gasteiger partial charge in [0.2, 0.25) is 0 Å². The van der Waals surface area contributed by atoms with E-state index in [0.717, 1.165) is 30.6 Å². The van der Waals surface area contributed by atoms with E-state index >= 15 is 0 Å². The molecule has 0 atom stereocenters. The Morgan fingerprint density at radius 1 is 0.615 bits per heavy atom. The first-order valence-electron chi connectivity index (χ1n) is 11.5. The number of alkyl halides is 3. The van der Waals surface area contributed by atoms with Gasteiger partial charge in [-0.05, 0) is 55.8 Å². The summed E-state index contributed by atoms with van der Waals surface area (Å²) < 4.78 is 37.1. The van der Waals surface area contributed by atoms with Crippen molar-refractivity contribution in [1.82, 2.24) is 0 Å². The Morgan fingerprint density at radius 2 is 1.08 bits per heavy atom. The highest BCUT2D eigenvalue weighted by Crippen LogP contribution is 2.43. The van der Waals surface area contributed by atoms with E-state index in [1.54, 1.807) is 0 Å². The van der Waals surface area contributed by atoms with E-state index in [4.69, 9.17) is 0 Å². The van der Waals surface area contributed by atoms with Crippen LogP contribution in [0.2, 0.25) is 0 Å². The van der Waals surface area contributed by atoms with Gasteiger partial charge in [-0.2, -0.15) is 13.2 Å². The zero-order valence-electron chi connectivity index (χ0n) is 17.0. The molecule has 0 saturated heterocycles. The maximum absolute atomic E-state index is 12.4. The third kappa shape index (κ3) is 8.65. The fourth-order valence-electron chi connectivity index (χ4n) is 5.48. The van der Waals surface area contributed by atoms with Crippen LogP contribution in [0.4, 0.5) is 13.2 Å². The lowest BCUT2D eigenvalue weighted by Gasteiger charge is -2.38. The lowest BCUT2D eigenvalue weighted by atomic mass is 9.68. The Kier molecular flexibility index (Phi) is 9.85. The van der Waals surface area contributed by atoms with Crippen molar-refractivity contribution in [3.8, 4) is 0 Å². The summed E-state index contributed by atoms with van der Waals surface area (Å²) in [7, 11) is 0. The second-order valence-corrected chi connectivity index (χ2v) is 9.27. The first-order valence-corrected chi connectivity index (χ1v) is 11.5. The standard InChI is InChI=1S/C23H41F3/c1-2-3-4-5-6-7-8-19-9-13-21(14-10-19)22-15-11-20(12-16-22)17-18-23(24,25)26/h19-22H,2-18H2,1H3. The Hall–Kier alpha value is -0.210. The molecule has 2 rings (SSSR count). The van der Waals surface area contributed by atoms with E-state index in [0.29, 0.717) is 12.3 Å². The van der Waals surface area contributed by atoms with Crippen molar-refractivity contribution in [3.63, 3.8) is 0 Å². The second-order valence-electron chi connectivity index (χ2n) is 9.27. The molecule has 0 spiro atoms. The van der Waals surface area contributed by atoms with Crippen LogP contribution in [0.25, 0.3) is 0 Å². The van der Waals surface area contributed by atoms with E-state index in [1.807, 2.05) is 0 Å². The zero-order chi connectivity index (χ0) is 18.8. The predicted molar refractivity (Wildman–Crippen MR) is 104 cm³/mol. The van der Waals surface area contributed by atoms with Crippen LogP contribution in [0.15, 0.2) is 0 Å². The Balaban J connectivity index is 1.53. The Morgan fingerprint density at radius 3 is 1.58 bits per heavy atom. The van der Waals surface area contributed by atoms with Crippen molar-refractivity contribution >= 4 is 0 Å². The van der Waals surface area contributed by atoms with Crippen LogP contribution in [0.5, 0.6) is 0 Å². The van der Waals surface area contributed by atoms with E-state index in [9.17, 15) is 13.2 Å². The quantitative estimate of drug-likeness (QED) is 0.335. The van der Waals surface area contributed by atoms with Crippen LogP contribution in [-0.4, -0.2) is 6.18 Å². The molecule has 0 N–H and O–H groups in total. The molecule has 0 aromatic heterocycles. The molecular formula is C23H41F3. The smallest absolute Gasteiger partial charge is 0.171 e. The van der Waals surface area contributed by atoms with Gasteiger partial charge in [0.25, 0.3) is 0 Å². The summed E-state index contributed by atoms with van der Waals surface area (Å²) in [5.74, 6) is 2.98. The molecule has 0 aliphatic heterocycles. The highest BCUT2D eigenvalue weighted by molar-refractivity contribution is 4.82. The molecule has 0 aromatic carbocycles. The monoisotopic (exact) mass is 374 g/mol. The number of halogens is 3. The SMILES string of the molecule is CCCCCCCCC1CCC(C2CCC(CCC(F)(F)F)CC2)CC1. The van der Waals surface area contributed by atoms with Crippen LogP contribution in [0.1, 0.15) is 116 Å². The highest BCUT2D eigenvalue weighted by atomic mass is 19.4. The van der Waals surface area contributed by atoms with Gasteiger partial charge in [-0.25, -0.2) is 0 Å². The van der Waals surface area contributed by atoms with Crippen molar-refractivity contribution in [2.45, 2.75) is 122 Å². The molecule has 26 heavy (non-hydrogen) atoms. The Labute approximate surface area is 159 Å².